The van der Waals surface area contributed by atoms with Gasteiger partial charge in [0.25, 0.3) is 0 Å². The highest BCUT2D eigenvalue weighted by atomic mass is 79.9. The van der Waals surface area contributed by atoms with E-state index >= 15 is 0 Å². The summed E-state index contributed by atoms with van der Waals surface area (Å²) >= 11 is 9.20. The number of carbonyl (C=O) groups excluding carboxylic acids is 3. The maximum Gasteiger partial charge on any atom is 0.245 e. The number of aromatic nitrogens is 4. The number of amides is 1. The number of alkyl halides is 1. The molecule has 1 saturated heterocycles. The van der Waals surface area contributed by atoms with Gasteiger partial charge in [-0.05, 0) is 34.1 Å². The Morgan fingerprint density at radius 3 is 2.81 bits per heavy atom. The van der Waals surface area contributed by atoms with Crippen LogP contribution >= 0.6 is 27.5 Å². The Balaban J connectivity index is 1.57. The fraction of sp³-hybridized carbons (Fsp3) is 0.333. The minimum Gasteiger partial charge on any atom is -0.328 e. The molecule has 1 aliphatic heterocycles. The van der Waals surface area contributed by atoms with Crippen LogP contribution in [-0.2, 0) is 22.6 Å². The van der Waals surface area contributed by atoms with Crippen molar-refractivity contribution in [2.24, 2.45) is 0 Å². The molecule has 0 saturated carbocycles. The molecule has 1 amide bonds. The summed E-state index contributed by atoms with van der Waals surface area (Å²) < 4.78 is 16.2. The van der Waals surface area contributed by atoms with Crippen molar-refractivity contribution in [2.45, 2.75) is 38.5 Å². The van der Waals surface area contributed by atoms with E-state index in [1.54, 1.807) is 18.2 Å². The van der Waals surface area contributed by atoms with E-state index in [4.69, 9.17) is 11.6 Å². The first-order valence-corrected chi connectivity index (χ1v) is 11.0. The number of likely N-dealkylation sites (tertiary alicyclic amines) is 1. The van der Waals surface area contributed by atoms with Crippen LogP contribution in [0.15, 0.2) is 35.1 Å². The van der Waals surface area contributed by atoms with Gasteiger partial charge in [-0.25, -0.2) is 14.4 Å². The molecule has 4 rings (SSSR count). The zero-order chi connectivity index (χ0) is 23.0. The Morgan fingerprint density at radius 1 is 1.31 bits per heavy atom. The number of hydrogen-bond acceptors (Lipinski definition) is 6. The second-order valence-corrected chi connectivity index (χ2v) is 8.78. The largest absolute Gasteiger partial charge is 0.328 e. The average molecular weight is 523 g/mol. The monoisotopic (exact) mass is 521 g/mol. The molecule has 0 N–H and O–H groups in total. The van der Waals surface area contributed by atoms with E-state index in [1.165, 1.54) is 28.8 Å². The molecule has 3 aromatic heterocycles. The first kappa shape index (κ1) is 22.5. The van der Waals surface area contributed by atoms with E-state index < -0.39 is 18.1 Å². The number of ketones is 2. The summed E-state index contributed by atoms with van der Waals surface area (Å²) in [6, 6.07) is 5.81. The molecule has 166 valence electrons. The van der Waals surface area contributed by atoms with Crippen LogP contribution in [0.5, 0.6) is 0 Å². The summed E-state index contributed by atoms with van der Waals surface area (Å²) in [7, 11) is 0. The zero-order valence-corrected chi connectivity index (χ0v) is 19.3. The van der Waals surface area contributed by atoms with Crippen LogP contribution in [-0.4, -0.2) is 60.9 Å². The molecule has 0 aliphatic carbocycles. The van der Waals surface area contributed by atoms with Crippen LogP contribution < -0.4 is 0 Å². The van der Waals surface area contributed by atoms with Gasteiger partial charge in [-0.15, -0.1) is 0 Å². The van der Waals surface area contributed by atoms with Crippen molar-refractivity contribution >= 4 is 55.9 Å². The van der Waals surface area contributed by atoms with E-state index in [-0.39, 0.29) is 48.3 Å². The van der Waals surface area contributed by atoms with Gasteiger partial charge in [-0.2, -0.15) is 5.10 Å². The van der Waals surface area contributed by atoms with Crippen LogP contribution in [0.1, 0.15) is 29.5 Å². The molecule has 0 radical (unpaired) electrons. The van der Waals surface area contributed by atoms with Crippen molar-refractivity contribution in [3.8, 4) is 0 Å². The van der Waals surface area contributed by atoms with Gasteiger partial charge in [-0.1, -0.05) is 17.7 Å². The molecular weight excluding hydrogens is 505 g/mol. The minimum atomic E-state index is -1.30. The molecule has 3 aromatic rings. The first-order valence-electron chi connectivity index (χ1n) is 9.83. The molecular formula is C21H18BrClFN5O3. The SMILES string of the molecule is CC(=O)c1nn(CC(=O)N2C[C@H](F)C[C@H]2C(=O)Cc2cccc(Br)n2)c2cnc(Cl)cc12. The van der Waals surface area contributed by atoms with Crippen molar-refractivity contribution in [2.75, 3.05) is 6.54 Å². The molecule has 2 atom stereocenters. The fourth-order valence-electron chi connectivity index (χ4n) is 3.86. The number of nitrogens with zero attached hydrogens (tertiary/aromatic N) is 5. The van der Waals surface area contributed by atoms with E-state index in [2.05, 4.69) is 31.0 Å². The quantitative estimate of drug-likeness (QED) is 0.364. The number of halogens is 3. The Kier molecular flexibility index (Phi) is 6.34. The molecule has 4 heterocycles. The van der Waals surface area contributed by atoms with Crippen molar-refractivity contribution in [1.29, 1.82) is 0 Å². The number of rotatable bonds is 6. The average Bonchev–Trinajstić information content (AvgIpc) is 3.28. The molecule has 0 spiro atoms. The molecule has 1 fully saturated rings. The van der Waals surface area contributed by atoms with Crippen molar-refractivity contribution < 1.29 is 18.8 Å². The van der Waals surface area contributed by atoms with Crippen LogP contribution in [0.3, 0.4) is 0 Å². The van der Waals surface area contributed by atoms with E-state index in [9.17, 15) is 18.8 Å². The number of Topliss-reactive ketones (excluding diaryl/α,β-unsaturated/α-hetero) is 2. The second kappa shape index (κ2) is 9.03. The second-order valence-electron chi connectivity index (χ2n) is 7.58. The van der Waals surface area contributed by atoms with Gasteiger partial charge >= 0.3 is 0 Å². The Morgan fingerprint density at radius 2 is 2.09 bits per heavy atom. The Hall–Kier alpha value is -2.72. The van der Waals surface area contributed by atoms with E-state index in [0.29, 0.717) is 21.2 Å². The van der Waals surface area contributed by atoms with Gasteiger partial charge < -0.3 is 4.90 Å². The smallest absolute Gasteiger partial charge is 0.245 e. The lowest BCUT2D eigenvalue weighted by Crippen LogP contribution is -2.43. The van der Waals surface area contributed by atoms with Gasteiger partial charge in [0.15, 0.2) is 11.6 Å². The molecule has 8 nitrogen and oxygen atoms in total. The van der Waals surface area contributed by atoms with Crippen molar-refractivity contribution in [3.05, 3.63) is 51.6 Å². The van der Waals surface area contributed by atoms with Gasteiger partial charge in [0.05, 0.1) is 30.7 Å². The summed E-state index contributed by atoms with van der Waals surface area (Å²) in [5, 5.41) is 4.90. The molecule has 0 aromatic carbocycles. The van der Waals surface area contributed by atoms with E-state index in [0.717, 1.165) is 0 Å². The normalized spacial score (nSPS) is 18.3. The Bertz CT molecular complexity index is 1230. The highest BCUT2D eigenvalue weighted by Gasteiger charge is 2.39. The molecule has 32 heavy (non-hydrogen) atoms. The molecule has 1 aliphatic rings. The van der Waals surface area contributed by atoms with E-state index in [1.807, 2.05) is 0 Å². The fourth-order valence-corrected chi connectivity index (χ4v) is 4.39. The highest BCUT2D eigenvalue weighted by Crippen LogP contribution is 2.25. The van der Waals surface area contributed by atoms with Gasteiger partial charge in [0.1, 0.15) is 28.2 Å². The number of fused-ring (bicyclic) bond motifs is 1. The topological polar surface area (TPSA) is 98.1 Å². The van der Waals surface area contributed by atoms with Crippen LogP contribution in [0.25, 0.3) is 10.9 Å². The standard InChI is InChI=1S/C21H18BrClFN5O3/c1-11(30)21-14-7-19(23)25-8-16(14)29(27-21)10-20(32)28-9-12(24)5-15(28)17(31)6-13-3-2-4-18(22)26-13/h2-4,7-8,12,15H,5-6,9-10H2,1H3/t12-,15+/m1/s1. The number of pyridine rings is 2. The first-order chi connectivity index (χ1) is 15.2. The zero-order valence-electron chi connectivity index (χ0n) is 17.0. The lowest BCUT2D eigenvalue weighted by Gasteiger charge is -2.23. The summed E-state index contributed by atoms with van der Waals surface area (Å²) in [6.45, 7) is 0.920. The summed E-state index contributed by atoms with van der Waals surface area (Å²) in [5.74, 6) is -1.05. The lowest BCUT2D eigenvalue weighted by atomic mass is 10.0. The lowest BCUT2D eigenvalue weighted by molar-refractivity contribution is -0.138. The van der Waals surface area contributed by atoms with Crippen LogP contribution in [0.4, 0.5) is 4.39 Å². The van der Waals surface area contributed by atoms with Crippen LogP contribution in [0.2, 0.25) is 5.15 Å². The summed E-state index contributed by atoms with van der Waals surface area (Å²) in [4.78, 5) is 47.4. The van der Waals surface area contributed by atoms with Gasteiger partial charge in [0.2, 0.25) is 5.91 Å². The van der Waals surface area contributed by atoms with Gasteiger partial charge in [0, 0.05) is 24.4 Å². The highest BCUT2D eigenvalue weighted by molar-refractivity contribution is 9.10. The third kappa shape index (κ3) is 4.56. The third-order valence-corrected chi connectivity index (χ3v) is 5.94. The maximum absolute atomic E-state index is 14.2. The predicted octanol–water partition coefficient (Wildman–Crippen LogP) is 3.20. The molecule has 0 unspecified atom stereocenters. The van der Waals surface area contributed by atoms with Gasteiger partial charge in [-0.3, -0.25) is 19.1 Å². The molecule has 0 bridgehead atoms. The molecule has 11 heteroatoms. The van der Waals surface area contributed by atoms with Crippen molar-refractivity contribution in [3.63, 3.8) is 0 Å². The van der Waals surface area contributed by atoms with Crippen molar-refractivity contribution in [1.82, 2.24) is 24.6 Å². The Labute approximate surface area is 195 Å². The predicted molar refractivity (Wildman–Crippen MR) is 118 cm³/mol. The third-order valence-electron chi connectivity index (χ3n) is 5.29. The maximum atomic E-state index is 14.2. The summed E-state index contributed by atoms with van der Waals surface area (Å²) in [5.41, 5.74) is 1.15. The number of carbonyl (C=O) groups is 3. The minimum absolute atomic E-state index is 0.0117. The van der Waals surface area contributed by atoms with Crippen LogP contribution in [0, 0.1) is 0 Å². The number of hydrogen-bond donors (Lipinski definition) is 0. The summed E-state index contributed by atoms with van der Waals surface area (Å²) in [6.07, 6.45) is 0.0516.